The van der Waals surface area contributed by atoms with Crippen LogP contribution in [0.4, 0.5) is 11.5 Å². The maximum atomic E-state index is 11.4. The first-order valence-corrected chi connectivity index (χ1v) is 6.34. The van der Waals surface area contributed by atoms with Gasteiger partial charge in [0.1, 0.15) is 0 Å². The average molecular weight is 281 g/mol. The van der Waals surface area contributed by atoms with Crippen molar-refractivity contribution in [2.45, 2.75) is 20.8 Å². The van der Waals surface area contributed by atoms with Gasteiger partial charge in [-0.05, 0) is 17.9 Å². The summed E-state index contributed by atoms with van der Waals surface area (Å²) < 4.78 is 4.56. The summed E-state index contributed by atoms with van der Waals surface area (Å²) in [5.41, 5.74) is -0.119. The van der Waals surface area contributed by atoms with Crippen LogP contribution in [0.5, 0.6) is 0 Å². The first-order valence-electron chi connectivity index (χ1n) is 6.34. The maximum absolute atomic E-state index is 11.4. The van der Waals surface area contributed by atoms with Crippen molar-refractivity contribution < 1.29 is 14.5 Å². The molecule has 1 aromatic rings. The Bertz CT molecular complexity index is 502. The summed E-state index contributed by atoms with van der Waals surface area (Å²) in [6, 6.07) is 2.53. The van der Waals surface area contributed by atoms with E-state index in [2.05, 4.69) is 28.9 Å². The first-order chi connectivity index (χ1) is 9.36. The van der Waals surface area contributed by atoms with E-state index in [0.717, 1.165) is 0 Å². The number of methoxy groups -OCH3 is 1. The van der Waals surface area contributed by atoms with Gasteiger partial charge in [-0.25, -0.2) is 9.78 Å². The highest BCUT2D eigenvalue weighted by molar-refractivity contribution is 5.88. The van der Waals surface area contributed by atoms with E-state index in [1.165, 1.54) is 19.2 Å². The van der Waals surface area contributed by atoms with Gasteiger partial charge in [0.2, 0.25) is 5.82 Å². The van der Waals surface area contributed by atoms with Gasteiger partial charge in [-0.2, -0.15) is 0 Å². The van der Waals surface area contributed by atoms with Gasteiger partial charge in [-0.15, -0.1) is 0 Å². The topological polar surface area (TPSA) is 94.4 Å². The fourth-order valence-corrected chi connectivity index (χ4v) is 1.44. The predicted molar refractivity (Wildman–Crippen MR) is 74.7 cm³/mol. The lowest BCUT2D eigenvalue weighted by molar-refractivity contribution is -0.384. The van der Waals surface area contributed by atoms with Crippen molar-refractivity contribution in [3.8, 4) is 0 Å². The summed E-state index contributed by atoms with van der Waals surface area (Å²) in [5.74, 6) is 0.216. The Morgan fingerprint density at radius 2 is 2.10 bits per heavy atom. The zero-order valence-electron chi connectivity index (χ0n) is 12.0. The average Bonchev–Trinajstić information content (AvgIpc) is 2.43. The molecule has 0 aliphatic carbocycles. The van der Waals surface area contributed by atoms with E-state index in [0.29, 0.717) is 18.4 Å². The van der Waals surface area contributed by atoms with E-state index in [4.69, 9.17) is 0 Å². The quantitative estimate of drug-likeness (QED) is 0.489. The van der Waals surface area contributed by atoms with E-state index in [1.54, 1.807) is 0 Å². The monoisotopic (exact) mass is 281 g/mol. The van der Waals surface area contributed by atoms with Crippen molar-refractivity contribution in [3.63, 3.8) is 0 Å². The van der Waals surface area contributed by atoms with Gasteiger partial charge in [0.25, 0.3) is 0 Å². The lowest BCUT2D eigenvalue weighted by atomic mass is 9.98. The highest BCUT2D eigenvalue weighted by Crippen LogP contribution is 2.23. The molecule has 0 aliphatic heterocycles. The lowest BCUT2D eigenvalue weighted by Crippen LogP contribution is -2.18. The van der Waals surface area contributed by atoms with Crippen LogP contribution >= 0.6 is 0 Å². The Hall–Kier alpha value is -2.18. The molecular formula is C13H19N3O4. The highest BCUT2D eigenvalue weighted by Gasteiger charge is 2.19. The van der Waals surface area contributed by atoms with E-state index in [1.807, 2.05) is 6.92 Å². The number of nitro groups is 1. The number of carbonyl (C=O) groups is 1. The molecule has 0 spiro atoms. The molecule has 110 valence electrons. The molecule has 0 bridgehead atoms. The molecule has 0 radical (unpaired) electrons. The molecule has 1 unspecified atom stereocenters. The third kappa shape index (κ3) is 3.91. The van der Waals surface area contributed by atoms with Crippen molar-refractivity contribution in [2.75, 3.05) is 19.0 Å². The van der Waals surface area contributed by atoms with E-state index in [9.17, 15) is 14.9 Å². The molecule has 0 amide bonds. The van der Waals surface area contributed by atoms with Crippen molar-refractivity contribution in [2.24, 2.45) is 11.8 Å². The summed E-state index contributed by atoms with van der Waals surface area (Å²) in [7, 11) is 1.24. The Labute approximate surface area is 117 Å². The Morgan fingerprint density at radius 1 is 1.45 bits per heavy atom. The fraction of sp³-hybridized carbons (Fsp3) is 0.538. The Balaban J connectivity index is 3.00. The molecule has 20 heavy (non-hydrogen) atoms. The number of ether oxygens (including phenoxy) is 1. The Morgan fingerprint density at radius 3 is 2.60 bits per heavy atom. The van der Waals surface area contributed by atoms with Gasteiger partial charge in [-0.1, -0.05) is 20.8 Å². The second-order valence-electron chi connectivity index (χ2n) is 4.92. The summed E-state index contributed by atoms with van der Waals surface area (Å²) in [5, 5.41) is 13.9. The van der Waals surface area contributed by atoms with Crippen molar-refractivity contribution >= 4 is 17.5 Å². The van der Waals surface area contributed by atoms with Crippen LogP contribution in [0, 0.1) is 22.0 Å². The summed E-state index contributed by atoms with van der Waals surface area (Å²) >= 11 is 0. The third-order valence-electron chi connectivity index (χ3n) is 3.19. The van der Waals surface area contributed by atoms with Gasteiger partial charge in [-0.3, -0.25) is 10.1 Å². The SMILES string of the molecule is COC(=O)c1ccc([N+](=O)[O-])c(NCC(C)C(C)C)n1. The summed E-state index contributed by atoms with van der Waals surface area (Å²) in [4.78, 5) is 25.8. The van der Waals surface area contributed by atoms with Gasteiger partial charge in [0, 0.05) is 12.6 Å². The molecular weight excluding hydrogens is 262 g/mol. The number of nitrogens with zero attached hydrogens (tertiary/aromatic N) is 2. The van der Waals surface area contributed by atoms with E-state index >= 15 is 0 Å². The van der Waals surface area contributed by atoms with E-state index in [-0.39, 0.29) is 17.2 Å². The van der Waals surface area contributed by atoms with E-state index < -0.39 is 10.9 Å². The van der Waals surface area contributed by atoms with Crippen LogP contribution in [0.25, 0.3) is 0 Å². The minimum atomic E-state index is -0.625. The molecule has 7 nitrogen and oxygen atoms in total. The summed E-state index contributed by atoms with van der Waals surface area (Å²) in [6.45, 7) is 6.71. The van der Waals surface area contributed by atoms with Crippen LogP contribution < -0.4 is 5.32 Å². The molecule has 0 saturated carbocycles. The second kappa shape index (κ2) is 6.83. The minimum absolute atomic E-state index is 0.0396. The normalized spacial score (nSPS) is 12.1. The zero-order chi connectivity index (χ0) is 15.3. The third-order valence-corrected chi connectivity index (χ3v) is 3.19. The van der Waals surface area contributed by atoms with Crippen molar-refractivity contribution in [3.05, 3.63) is 27.9 Å². The van der Waals surface area contributed by atoms with Gasteiger partial charge < -0.3 is 10.1 Å². The first kappa shape index (κ1) is 15.9. The zero-order valence-corrected chi connectivity index (χ0v) is 12.0. The Kier molecular flexibility index (Phi) is 5.42. The van der Waals surface area contributed by atoms with Crippen LogP contribution in [-0.2, 0) is 4.74 Å². The number of pyridine rings is 1. The number of esters is 1. The lowest BCUT2D eigenvalue weighted by Gasteiger charge is -2.16. The number of hydrogen-bond donors (Lipinski definition) is 1. The molecule has 0 aliphatic rings. The molecule has 0 fully saturated rings. The van der Waals surface area contributed by atoms with Crippen LogP contribution in [0.1, 0.15) is 31.3 Å². The highest BCUT2D eigenvalue weighted by atomic mass is 16.6. The van der Waals surface area contributed by atoms with Gasteiger partial charge in [0.15, 0.2) is 5.69 Å². The van der Waals surface area contributed by atoms with Gasteiger partial charge >= 0.3 is 11.7 Å². The molecule has 1 atom stereocenters. The maximum Gasteiger partial charge on any atom is 0.356 e. The number of aromatic nitrogens is 1. The molecule has 7 heteroatoms. The van der Waals surface area contributed by atoms with Crippen molar-refractivity contribution in [1.29, 1.82) is 0 Å². The largest absolute Gasteiger partial charge is 0.464 e. The van der Waals surface area contributed by atoms with Crippen LogP contribution in [-0.4, -0.2) is 29.5 Å². The number of carbonyl (C=O) groups excluding carboxylic acids is 1. The second-order valence-corrected chi connectivity index (χ2v) is 4.92. The molecule has 1 rings (SSSR count). The molecule has 1 heterocycles. The van der Waals surface area contributed by atoms with Crippen molar-refractivity contribution in [1.82, 2.24) is 4.98 Å². The van der Waals surface area contributed by atoms with Crippen LogP contribution in [0.2, 0.25) is 0 Å². The van der Waals surface area contributed by atoms with Crippen LogP contribution in [0.3, 0.4) is 0 Å². The van der Waals surface area contributed by atoms with Crippen LogP contribution in [0.15, 0.2) is 12.1 Å². The smallest absolute Gasteiger partial charge is 0.356 e. The molecule has 0 saturated heterocycles. The number of hydrogen-bond acceptors (Lipinski definition) is 6. The number of rotatable bonds is 6. The minimum Gasteiger partial charge on any atom is -0.464 e. The summed E-state index contributed by atoms with van der Waals surface area (Å²) in [6.07, 6.45) is 0. The predicted octanol–water partition coefficient (Wildman–Crippen LogP) is 2.48. The number of nitrogens with one attached hydrogen (secondary N) is 1. The molecule has 0 aromatic carbocycles. The van der Waals surface area contributed by atoms with Gasteiger partial charge in [0.05, 0.1) is 12.0 Å². The standard InChI is InChI=1S/C13H19N3O4/c1-8(2)9(3)7-14-12-11(16(18)19)6-5-10(15-12)13(17)20-4/h5-6,8-9H,7H2,1-4H3,(H,14,15). The fourth-order valence-electron chi connectivity index (χ4n) is 1.44. The molecule has 1 aromatic heterocycles. The molecule has 1 N–H and O–H groups in total. The number of anilines is 1.